The molecular weight excluding hydrogens is 428 g/mol. The second-order valence-corrected chi connectivity index (χ2v) is 7.29. The standard InChI is InChI=1S/C22H22ClF2N3O3/c23-17-6-3-7-18(15-17)26-22(30)28-12-4-11-27(13-14-28)20(29)10-9-16-5-1-2-8-19(16)31-21(24)25/h1-3,5-10,15,21H,4,11-14H2,(H,26,30)/b10-9+. The number of carbonyl (C=O) groups excluding carboxylic acids is 2. The number of amides is 3. The van der Waals surface area contributed by atoms with Gasteiger partial charge in [-0.05, 0) is 36.8 Å². The Morgan fingerprint density at radius 2 is 1.77 bits per heavy atom. The van der Waals surface area contributed by atoms with Gasteiger partial charge in [-0.3, -0.25) is 4.79 Å². The maximum atomic E-state index is 12.6. The minimum atomic E-state index is -2.94. The first-order valence-electron chi connectivity index (χ1n) is 9.75. The maximum absolute atomic E-state index is 12.6. The van der Waals surface area contributed by atoms with E-state index in [0.717, 1.165) is 0 Å². The maximum Gasteiger partial charge on any atom is 0.387 e. The monoisotopic (exact) mass is 449 g/mol. The molecule has 0 aromatic heterocycles. The molecule has 1 aliphatic heterocycles. The summed E-state index contributed by atoms with van der Waals surface area (Å²) in [6.45, 7) is -1.22. The molecule has 6 nitrogen and oxygen atoms in total. The number of hydrogen-bond donors (Lipinski definition) is 1. The molecule has 0 radical (unpaired) electrons. The van der Waals surface area contributed by atoms with E-state index in [1.54, 1.807) is 52.3 Å². The van der Waals surface area contributed by atoms with E-state index < -0.39 is 6.61 Å². The molecule has 31 heavy (non-hydrogen) atoms. The number of urea groups is 1. The van der Waals surface area contributed by atoms with E-state index in [2.05, 4.69) is 10.1 Å². The second kappa shape index (κ2) is 10.8. The number of rotatable bonds is 5. The predicted molar refractivity (Wildman–Crippen MR) is 115 cm³/mol. The molecule has 1 heterocycles. The minimum Gasteiger partial charge on any atom is -0.434 e. The molecule has 3 amide bonds. The van der Waals surface area contributed by atoms with Gasteiger partial charge in [0.1, 0.15) is 5.75 Å². The average Bonchev–Trinajstić information content (AvgIpc) is 2.99. The summed E-state index contributed by atoms with van der Waals surface area (Å²) in [5.41, 5.74) is 0.982. The number of hydrogen-bond acceptors (Lipinski definition) is 3. The summed E-state index contributed by atoms with van der Waals surface area (Å²) in [6.07, 6.45) is 3.40. The Labute approximate surface area is 184 Å². The molecule has 164 valence electrons. The van der Waals surface area contributed by atoms with Gasteiger partial charge in [-0.1, -0.05) is 35.9 Å². The lowest BCUT2D eigenvalue weighted by molar-refractivity contribution is -0.125. The molecule has 0 spiro atoms. The van der Waals surface area contributed by atoms with E-state index in [0.29, 0.717) is 48.9 Å². The number of ether oxygens (including phenoxy) is 1. The average molecular weight is 450 g/mol. The van der Waals surface area contributed by atoms with Crippen LogP contribution in [-0.2, 0) is 4.79 Å². The van der Waals surface area contributed by atoms with Crippen molar-refractivity contribution in [1.29, 1.82) is 0 Å². The van der Waals surface area contributed by atoms with Gasteiger partial charge in [-0.25, -0.2) is 4.79 Å². The number of benzene rings is 2. The Morgan fingerprint density at radius 1 is 1.03 bits per heavy atom. The number of carbonyl (C=O) groups is 2. The van der Waals surface area contributed by atoms with Crippen molar-refractivity contribution in [2.45, 2.75) is 13.0 Å². The number of anilines is 1. The summed E-state index contributed by atoms with van der Waals surface area (Å²) >= 11 is 5.94. The smallest absolute Gasteiger partial charge is 0.387 e. The number of alkyl halides is 2. The molecule has 1 saturated heterocycles. The van der Waals surface area contributed by atoms with Crippen LogP contribution >= 0.6 is 11.6 Å². The van der Waals surface area contributed by atoms with Gasteiger partial charge in [0, 0.05) is 48.5 Å². The van der Waals surface area contributed by atoms with E-state index >= 15 is 0 Å². The van der Waals surface area contributed by atoms with Crippen LogP contribution in [0.2, 0.25) is 5.02 Å². The van der Waals surface area contributed by atoms with Crippen LogP contribution in [0, 0.1) is 0 Å². The third-order valence-corrected chi connectivity index (χ3v) is 4.95. The molecule has 0 aliphatic carbocycles. The van der Waals surface area contributed by atoms with Crippen LogP contribution in [0.1, 0.15) is 12.0 Å². The fourth-order valence-corrected chi connectivity index (χ4v) is 3.39. The Hall–Kier alpha value is -3.13. The first kappa shape index (κ1) is 22.6. The molecule has 1 N–H and O–H groups in total. The van der Waals surface area contributed by atoms with Crippen LogP contribution in [0.4, 0.5) is 19.3 Å². The molecule has 9 heteroatoms. The van der Waals surface area contributed by atoms with Gasteiger partial charge in [-0.15, -0.1) is 0 Å². The van der Waals surface area contributed by atoms with Crippen molar-refractivity contribution in [3.8, 4) is 5.75 Å². The van der Waals surface area contributed by atoms with Crippen molar-refractivity contribution in [2.24, 2.45) is 0 Å². The fourth-order valence-electron chi connectivity index (χ4n) is 3.20. The van der Waals surface area contributed by atoms with E-state index in [4.69, 9.17) is 11.6 Å². The lowest BCUT2D eigenvalue weighted by Crippen LogP contribution is -2.39. The summed E-state index contributed by atoms with van der Waals surface area (Å²) in [5.74, 6) is -0.259. The van der Waals surface area contributed by atoms with E-state index in [-0.39, 0.29) is 17.7 Å². The third-order valence-electron chi connectivity index (χ3n) is 4.71. The highest BCUT2D eigenvalue weighted by Crippen LogP contribution is 2.22. The van der Waals surface area contributed by atoms with Crippen molar-refractivity contribution >= 4 is 35.3 Å². The van der Waals surface area contributed by atoms with Crippen LogP contribution in [0.25, 0.3) is 6.08 Å². The normalized spacial score (nSPS) is 14.6. The molecule has 0 bridgehead atoms. The lowest BCUT2D eigenvalue weighted by atomic mass is 10.2. The van der Waals surface area contributed by atoms with Crippen molar-refractivity contribution in [3.05, 3.63) is 65.2 Å². The molecular formula is C22H22ClF2N3O3. The van der Waals surface area contributed by atoms with Crippen molar-refractivity contribution < 1.29 is 23.1 Å². The molecule has 2 aromatic carbocycles. The highest BCUT2D eigenvalue weighted by Gasteiger charge is 2.21. The zero-order valence-corrected chi connectivity index (χ0v) is 17.4. The topological polar surface area (TPSA) is 61.9 Å². The number of para-hydroxylation sites is 1. The number of nitrogens with one attached hydrogen (secondary N) is 1. The summed E-state index contributed by atoms with van der Waals surface area (Å²) in [5, 5.41) is 3.33. The zero-order valence-electron chi connectivity index (χ0n) is 16.6. The summed E-state index contributed by atoms with van der Waals surface area (Å²) in [7, 11) is 0. The van der Waals surface area contributed by atoms with Crippen molar-refractivity contribution in [1.82, 2.24) is 9.80 Å². The predicted octanol–water partition coefficient (Wildman–Crippen LogP) is 4.72. The molecule has 0 saturated carbocycles. The minimum absolute atomic E-state index is 0.00118. The van der Waals surface area contributed by atoms with E-state index in [1.807, 2.05) is 0 Å². The van der Waals surface area contributed by atoms with Gasteiger partial charge in [0.25, 0.3) is 0 Å². The van der Waals surface area contributed by atoms with Crippen LogP contribution in [0.15, 0.2) is 54.6 Å². The van der Waals surface area contributed by atoms with Gasteiger partial charge in [0.2, 0.25) is 5.91 Å². The summed E-state index contributed by atoms with van der Waals surface area (Å²) in [6, 6.07) is 12.9. The van der Waals surface area contributed by atoms with Gasteiger partial charge in [0.05, 0.1) is 0 Å². The molecule has 1 fully saturated rings. The Balaban J connectivity index is 1.57. The van der Waals surface area contributed by atoms with Gasteiger partial charge < -0.3 is 19.9 Å². The van der Waals surface area contributed by atoms with Crippen molar-refractivity contribution in [2.75, 3.05) is 31.5 Å². The second-order valence-electron chi connectivity index (χ2n) is 6.86. The first-order valence-corrected chi connectivity index (χ1v) is 10.1. The van der Waals surface area contributed by atoms with Crippen LogP contribution in [0.5, 0.6) is 5.75 Å². The van der Waals surface area contributed by atoms with Gasteiger partial charge in [-0.2, -0.15) is 8.78 Å². The lowest BCUT2D eigenvalue weighted by Gasteiger charge is -2.22. The van der Waals surface area contributed by atoms with E-state index in [1.165, 1.54) is 18.2 Å². The van der Waals surface area contributed by atoms with Crippen LogP contribution in [-0.4, -0.2) is 54.5 Å². The third kappa shape index (κ3) is 6.68. The molecule has 1 aliphatic rings. The van der Waals surface area contributed by atoms with Crippen molar-refractivity contribution in [3.63, 3.8) is 0 Å². The first-order chi connectivity index (χ1) is 14.9. The zero-order chi connectivity index (χ0) is 22.2. The van der Waals surface area contributed by atoms with Gasteiger partial charge in [0.15, 0.2) is 0 Å². The van der Waals surface area contributed by atoms with Crippen LogP contribution in [0.3, 0.4) is 0 Å². The Kier molecular flexibility index (Phi) is 7.83. The summed E-state index contributed by atoms with van der Waals surface area (Å²) < 4.78 is 29.5. The molecule has 0 atom stereocenters. The SMILES string of the molecule is O=C(/C=C/c1ccccc1OC(F)F)N1CCCN(C(=O)Nc2cccc(Cl)c2)CC1. The highest BCUT2D eigenvalue weighted by molar-refractivity contribution is 6.30. The van der Waals surface area contributed by atoms with Gasteiger partial charge >= 0.3 is 12.6 Å². The van der Waals surface area contributed by atoms with E-state index in [9.17, 15) is 18.4 Å². The van der Waals surface area contributed by atoms with Crippen LogP contribution < -0.4 is 10.1 Å². The summed E-state index contributed by atoms with van der Waals surface area (Å²) in [4.78, 5) is 28.4. The molecule has 0 unspecified atom stereocenters. The Morgan fingerprint density at radius 3 is 2.55 bits per heavy atom. The number of nitrogens with zero attached hydrogens (tertiary/aromatic N) is 2. The largest absolute Gasteiger partial charge is 0.434 e. The molecule has 3 rings (SSSR count). The quantitative estimate of drug-likeness (QED) is 0.672. The number of halogens is 3. The highest BCUT2D eigenvalue weighted by atomic mass is 35.5. The molecule has 2 aromatic rings. The Bertz CT molecular complexity index is 955. The fraction of sp³-hybridized carbons (Fsp3) is 0.273.